The first-order chi connectivity index (χ1) is 9.56. The first-order valence-electron chi connectivity index (χ1n) is 7.42. The van der Waals surface area contributed by atoms with Crippen molar-refractivity contribution in [3.05, 3.63) is 33.8 Å². The molecule has 0 heterocycles. The lowest BCUT2D eigenvalue weighted by Crippen LogP contribution is -2.32. The molecular weight excluding hydrogens is 293 g/mol. The molecule has 0 spiro atoms. The van der Waals surface area contributed by atoms with Crippen LogP contribution in [0.3, 0.4) is 0 Å². The van der Waals surface area contributed by atoms with Crippen LogP contribution in [0, 0.1) is 5.92 Å². The van der Waals surface area contributed by atoms with E-state index in [1.54, 1.807) is 18.2 Å². The normalized spacial score (nSPS) is 25.2. The van der Waals surface area contributed by atoms with Crippen LogP contribution in [0.4, 0.5) is 0 Å². The number of hydrogen-bond acceptors (Lipinski definition) is 2. The molecule has 0 aromatic heterocycles. The number of nitrogens with one attached hydrogen (secondary N) is 1. The fourth-order valence-electron chi connectivity index (χ4n) is 2.85. The Morgan fingerprint density at radius 1 is 1.25 bits per heavy atom. The zero-order valence-electron chi connectivity index (χ0n) is 11.9. The number of hydrogen-bond donors (Lipinski definition) is 2. The van der Waals surface area contributed by atoms with Crippen LogP contribution in [0.25, 0.3) is 0 Å². The van der Waals surface area contributed by atoms with Gasteiger partial charge in [0.15, 0.2) is 0 Å². The van der Waals surface area contributed by atoms with Crippen LogP contribution in [-0.4, -0.2) is 17.7 Å². The van der Waals surface area contributed by atoms with Crippen molar-refractivity contribution in [2.45, 2.75) is 51.2 Å². The van der Waals surface area contributed by atoms with E-state index in [1.807, 2.05) is 0 Å². The first-order valence-corrected chi connectivity index (χ1v) is 8.18. The highest BCUT2D eigenvalue weighted by Crippen LogP contribution is 2.27. The first kappa shape index (κ1) is 16.1. The molecule has 0 radical (unpaired) electrons. The highest BCUT2D eigenvalue weighted by molar-refractivity contribution is 6.33. The summed E-state index contributed by atoms with van der Waals surface area (Å²) >= 11 is 12.1. The second-order valence-corrected chi connectivity index (χ2v) is 6.74. The van der Waals surface area contributed by atoms with E-state index in [4.69, 9.17) is 23.2 Å². The van der Waals surface area contributed by atoms with E-state index >= 15 is 0 Å². The molecule has 2 N–H and O–H groups in total. The molecule has 20 heavy (non-hydrogen) atoms. The van der Waals surface area contributed by atoms with Crippen molar-refractivity contribution in [3.8, 4) is 0 Å². The standard InChI is InChI=1S/C16H23Cl2NO/c1-11-3-2-4-13(7-5-11)19-10-16(20)14-9-12(17)6-8-15(14)18/h6,8-9,11,13,16,19-20H,2-5,7,10H2,1H3. The Labute approximate surface area is 131 Å². The van der Waals surface area contributed by atoms with E-state index in [9.17, 15) is 5.11 Å². The summed E-state index contributed by atoms with van der Waals surface area (Å²) in [6.45, 7) is 2.85. The van der Waals surface area contributed by atoms with Crippen LogP contribution in [-0.2, 0) is 0 Å². The minimum absolute atomic E-state index is 0.507. The van der Waals surface area contributed by atoms with Gasteiger partial charge in [0.2, 0.25) is 0 Å². The molecule has 1 aromatic rings. The molecule has 3 unspecified atom stereocenters. The van der Waals surface area contributed by atoms with E-state index in [0.717, 1.165) is 5.92 Å². The summed E-state index contributed by atoms with van der Waals surface area (Å²) in [4.78, 5) is 0. The summed E-state index contributed by atoms with van der Waals surface area (Å²) in [6, 6.07) is 5.72. The van der Waals surface area contributed by atoms with Gasteiger partial charge in [-0.15, -0.1) is 0 Å². The maximum atomic E-state index is 10.3. The molecule has 4 heteroatoms. The molecule has 0 amide bonds. The quantitative estimate of drug-likeness (QED) is 0.797. The van der Waals surface area contributed by atoms with E-state index in [2.05, 4.69) is 12.2 Å². The fraction of sp³-hybridized carbons (Fsp3) is 0.625. The van der Waals surface area contributed by atoms with Crippen LogP contribution in [0.2, 0.25) is 10.0 Å². The Morgan fingerprint density at radius 3 is 2.85 bits per heavy atom. The van der Waals surface area contributed by atoms with Crippen molar-refractivity contribution >= 4 is 23.2 Å². The number of aliphatic hydroxyl groups is 1. The minimum atomic E-state index is -0.609. The van der Waals surface area contributed by atoms with Gasteiger partial charge >= 0.3 is 0 Å². The van der Waals surface area contributed by atoms with Crippen molar-refractivity contribution in [1.29, 1.82) is 0 Å². The highest BCUT2D eigenvalue weighted by atomic mass is 35.5. The van der Waals surface area contributed by atoms with Crippen molar-refractivity contribution in [3.63, 3.8) is 0 Å². The Kier molecular flexibility index (Phi) is 6.16. The van der Waals surface area contributed by atoms with Gasteiger partial charge in [0.25, 0.3) is 0 Å². The molecular formula is C16H23Cl2NO. The smallest absolute Gasteiger partial charge is 0.0929 e. The van der Waals surface area contributed by atoms with Gasteiger partial charge in [-0.3, -0.25) is 0 Å². The highest BCUT2D eigenvalue weighted by Gasteiger charge is 2.18. The van der Waals surface area contributed by atoms with Gasteiger partial charge < -0.3 is 10.4 Å². The van der Waals surface area contributed by atoms with E-state index in [-0.39, 0.29) is 0 Å². The Balaban J connectivity index is 1.88. The number of aliphatic hydroxyl groups excluding tert-OH is 1. The molecule has 1 aromatic carbocycles. The third-order valence-corrected chi connectivity index (χ3v) is 4.75. The largest absolute Gasteiger partial charge is 0.387 e. The van der Waals surface area contributed by atoms with Gasteiger partial charge in [0, 0.05) is 28.2 Å². The maximum absolute atomic E-state index is 10.3. The Bertz CT molecular complexity index is 438. The summed E-state index contributed by atoms with van der Waals surface area (Å²) in [5.74, 6) is 0.828. The predicted octanol–water partition coefficient (Wildman–Crippen LogP) is 4.59. The van der Waals surface area contributed by atoms with Gasteiger partial charge in [-0.2, -0.15) is 0 Å². The second-order valence-electron chi connectivity index (χ2n) is 5.90. The van der Waals surface area contributed by atoms with Crippen LogP contribution >= 0.6 is 23.2 Å². The Hall–Kier alpha value is -0.280. The zero-order chi connectivity index (χ0) is 14.5. The fourth-order valence-corrected chi connectivity index (χ4v) is 3.27. The zero-order valence-corrected chi connectivity index (χ0v) is 13.4. The maximum Gasteiger partial charge on any atom is 0.0929 e. The van der Waals surface area contributed by atoms with Crippen LogP contribution < -0.4 is 5.32 Å². The second kappa shape index (κ2) is 7.65. The lowest BCUT2D eigenvalue weighted by atomic mass is 10.0. The Morgan fingerprint density at radius 2 is 2.05 bits per heavy atom. The summed E-state index contributed by atoms with van der Waals surface area (Å²) in [5.41, 5.74) is 0.702. The average molecular weight is 316 g/mol. The summed E-state index contributed by atoms with van der Waals surface area (Å²) in [6.07, 6.45) is 5.64. The van der Waals surface area contributed by atoms with Crippen molar-refractivity contribution in [1.82, 2.24) is 5.32 Å². The van der Waals surface area contributed by atoms with Gasteiger partial charge in [0.1, 0.15) is 0 Å². The molecule has 3 atom stereocenters. The van der Waals surface area contributed by atoms with Crippen molar-refractivity contribution in [2.24, 2.45) is 5.92 Å². The molecule has 1 aliphatic rings. The lowest BCUT2D eigenvalue weighted by molar-refractivity contribution is 0.168. The SMILES string of the molecule is CC1CCCC(NCC(O)c2cc(Cl)ccc2Cl)CC1. The molecule has 0 aliphatic heterocycles. The van der Waals surface area contributed by atoms with Crippen LogP contribution in [0.15, 0.2) is 18.2 Å². The molecule has 1 aliphatic carbocycles. The number of rotatable bonds is 4. The molecule has 1 fully saturated rings. The molecule has 112 valence electrons. The molecule has 2 rings (SSSR count). The van der Waals surface area contributed by atoms with Gasteiger partial charge in [0.05, 0.1) is 6.10 Å². The summed E-state index contributed by atoms with van der Waals surface area (Å²) < 4.78 is 0. The predicted molar refractivity (Wildman–Crippen MR) is 85.5 cm³/mol. The third-order valence-electron chi connectivity index (χ3n) is 4.17. The summed E-state index contributed by atoms with van der Waals surface area (Å²) in [7, 11) is 0. The summed E-state index contributed by atoms with van der Waals surface area (Å²) in [5, 5.41) is 14.9. The topological polar surface area (TPSA) is 32.3 Å². The van der Waals surface area contributed by atoms with Crippen LogP contribution in [0.5, 0.6) is 0 Å². The average Bonchev–Trinajstić information content (AvgIpc) is 2.63. The lowest BCUT2D eigenvalue weighted by Gasteiger charge is -2.20. The van der Waals surface area contributed by atoms with E-state index in [1.165, 1.54) is 32.1 Å². The molecule has 2 nitrogen and oxygen atoms in total. The van der Waals surface area contributed by atoms with E-state index < -0.39 is 6.10 Å². The monoisotopic (exact) mass is 315 g/mol. The van der Waals surface area contributed by atoms with Gasteiger partial charge in [-0.25, -0.2) is 0 Å². The van der Waals surface area contributed by atoms with Gasteiger partial charge in [-0.1, -0.05) is 43.0 Å². The molecule has 1 saturated carbocycles. The third kappa shape index (κ3) is 4.63. The minimum Gasteiger partial charge on any atom is -0.387 e. The van der Waals surface area contributed by atoms with Crippen LogP contribution in [0.1, 0.15) is 50.7 Å². The molecule has 0 bridgehead atoms. The number of halogens is 2. The van der Waals surface area contributed by atoms with Gasteiger partial charge in [-0.05, 0) is 43.4 Å². The van der Waals surface area contributed by atoms with E-state index in [0.29, 0.717) is 28.2 Å². The van der Waals surface area contributed by atoms with Crippen molar-refractivity contribution < 1.29 is 5.11 Å². The van der Waals surface area contributed by atoms with Crippen molar-refractivity contribution in [2.75, 3.05) is 6.54 Å². The molecule has 0 saturated heterocycles. The number of benzene rings is 1.